The molecule has 2 aromatic carbocycles. The molecular formula is C18H22N2O4S. The molecule has 0 aromatic heterocycles. The molecule has 0 atom stereocenters. The highest BCUT2D eigenvalue weighted by molar-refractivity contribution is 7.89. The standard InChI is InChI=1S/C18H22N2O4S/c1-23-17-6-3-13(11-18(17)24-2)7-10-20-25(21,22)15-4-5-16-14(12-15)8-9-19-16/h3-6,11-12,19-20H,7-10H2,1-2H3. The van der Waals surface area contributed by atoms with E-state index in [0.717, 1.165) is 29.8 Å². The van der Waals surface area contributed by atoms with Crippen molar-refractivity contribution in [2.45, 2.75) is 17.7 Å². The van der Waals surface area contributed by atoms with Crippen molar-refractivity contribution < 1.29 is 17.9 Å². The van der Waals surface area contributed by atoms with Gasteiger partial charge in [0, 0.05) is 18.8 Å². The molecule has 0 unspecified atom stereocenters. The van der Waals surface area contributed by atoms with E-state index in [9.17, 15) is 8.42 Å². The van der Waals surface area contributed by atoms with E-state index in [0.29, 0.717) is 29.4 Å². The molecule has 2 N–H and O–H groups in total. The van der Waals surface area contributed by atoms with Gasteiger partial charge in [-0.15, -0.1) is 0 Å². The third-order valence-corrected chi connectivity index (χ3v) is 5.71. The first-order valence-corrected chi connectivity index (χ1v) is 9.59. The van der Waals surface area contributed by atoms with E-state index in [4.69, 9.17) is 9.47 Å². The van der Waals surface area contributed by atoms with Crippen LogP contribution in [0.1, 0.15) is 11.1 Å². The molecule has 0 saturated heterocycles. The summed E-state index contributed by atoms with van der Waals surface area (Å²) in [5.41, 5.74) is 3.03. The van der Waals surface area contributed by atoms with Gasteiger partial charge in [-0.1, -0.05) is 6.07 Å². The zero-order valence-corrected chi connectivity index (χ0v) is 15.2. The Kier molecular flexibility index (Phi) is 5.15. The molecule has 0 aliphatic carbocycles. The molecular weight excluding hydrogens is 340 g/mol. The number of sulfonamides is 1. The maximum atomic E-state index is 12.5. The van der Waals surface area contributed by atoms with E-state index in [1.165, 1.54) is 0 Å². The van der Waals surface area contributed by atoms with Crippen LogP contribution >= 0.6 is 0 Å². The van der Waals surface area contributed by atoms with Gasteiger partial charge in [-0.2, -0.15) is 0 Å². The van der Waals surface area contributed by atoms with Crippen LogP contribution in [0.15, 0.2) is 41.3 Å². The van der Waals surface area contributed by atoms with Gasteiger partial charge in [0.05, 0.1) is 19.1 Å². The average molecular weight is 362 g/mol. The third-order valence-electron chi connectivity index (χ3n) is 4.25. The van der Waals surface area contributed by atoms with Crippen molar-refractivity contribution in [3.05, 3.63) is 47.5 Å². The lowest BCUT2D eigenvalue weighted by atomic mass is 10.1. The number of hydrogen-bond donors (Lipinski definition) is 2. The Bertz CT molecular complexity index is 865. The van der Waals surface area contributed by atoms with Crippen molar-refractivity contribution in [1.29, 1.82) is 0 Å². The second-order valence-electron chi connectivity index (χ2n) is 5.83. The highest BCUT2D eigenvalue weighted by atomic mass is 32.2. The van der Waals surface area contributed by atoms with Gasteiger partial charge in [0.15, 0.2) is 11.5 Å². The van der Waals surface area contributed by atoms with Gasteiger partial charge in [-0.25, -0.2) is 13.1 Å². The highest BCUT2D eigenvalue weighted by Crippen LogP contribution is 2.28. The summed E-state index contributed by atoms with van der Waals surface area (Å²) >= 11 is 0. The first kappa shape index (κ1) is 17.6. The second-order valence-corrected chi connectivity index (χ2v) is 7.60. The monoisotopic (exact) mass is 362 g/mol. The number of benzene rings is 2. The van der Waals surface area contributed by atoms with Gasteiger partial charge in [0.25, 0.3) is 0 Å². The summed E-state index contributed by atoms with van der Waals surface area (Å²) in [6.45, 7) is 1.17. The van der Waals surface area contributed by atoms with Crippen LogP contribution in [-0.2, 0) is 22.9 Å². The predicted octanol–water partition coefficient (Wildman–Crippen LogP) is 2.19. The van der Waals surface area contributed by atoms with Gasteiger partial charge in [-0.3, -0.25) is 0 Å². The normalized spacial score (nSPS) is 13.2. The van der Waals surface area contributed by atoms with Crippen LogP contribution in [0.25, 0.3) is 0 Å². The van der Waals surface area contributed by atoms with Crippen molar-refractivity contribution in [2.24, 2.45) is 0 Å². The highest BCUT2D eigenvalue weighted by Gasteiger charge is 2.18. The number of anilines is 1. The van der Waals surface area contributed by atoms with Gasteiger partial charge in [0.2, 0.25) is 10.0 Å². The maximum Gasteiger partial charge on any atom is 0.240 e. The van der Waals surface area contributed by atoms with Crippen molar-refractivity contribution in [3.63, 3.8) is 0 Å². The van der Waals surface area contributed by atoms with Crippen molar-refractivity contribution >= 4 is 15.7 Å². The first-order valence-electron chi connectivity index (χ1n) is 8.11. The molecule has 134 valence electrons. The molecule has 2 aromatic rings. The molecule has 1 heterocycles. The Morgan fingerprint density at radius 3 is 2.64 bits per heavy atom. The molecule has 0 fully saturated rings. The fourth-order valence-electron chi connectivity index (χ4n) is 2.90. The van der Waals surface area contributed by atoms with E-state index in [-0.39, 0.29) is 0 Å². The minimum absolute atomic E-state index is 0.308. The number of fused-ring (bicyclic) bond motifs is 1. The van der Waals surface area contributed by atoms with Crippen molar-refractivity contribution in [3.8, 4) is 11.5 Å². The molecule has 3 rings (SSSR count). The molecule has 6 nitrogen and oxygen atoms in total. The Labute approximate surface area is 148 Å². The zero-order chi connectivity index (χ0) is 17.9. The number of ether oxygens (including phenoxy) is 2. The Hall–Kier alpha value is -2.25. The third kappa shape index (κ3) is 3.88. The van der Waals surface area contributed by atoms with Gasteiger partial charge in [-0.05, 0) is 54.3 Å². The quantitative estimate of drug-likeness (QED) is 0.790. The number of methoxy groups -OCH3 is 2. The molecule has 0 saturated carbocycles. The van der Waals surface area contributed by atoms with E-state index in [1.54, 1.807) is 26.4 Å². The SMILES string of the molecule is COc1ccc(CCNS(=O)(=O)c2ccc3c(c2)CCN3)cc1OC. The minimum atomic E-state index is -3.51. The summed E-state index contributed by atoms with van der Waals surface area (Å²) in [6, 6.07) is 10.8. The second kappa shape index (κ2) is 7.33. The largest absolute Gasteiger partial charge is 0.493 e. The predicted molar refractivity (Wildman–Crippen MR) is 97.1 cm³/mol. The molecule has 0 radical (unpaired) electrons. The Morgan fingerprint density at radius 1 is 1.08 bits per heavy atom. The number of rotatable bonds is 7. The van der Waals surface area contributed by atoms with Gasteiger partial charge >= 0.3 is 0 Å². The number of nitrogens with one attached hydrogen (secondary N) is 2. The minimum Gasteiger partial charge on any atom is -0.493 e. The van der Waals surface area contributed by atoms with Crippen LogP contribution in [0.5, 0.6) is 11.5 Å². The van der Waals surface area contributed by atoms with Crippen LogP contribution in [0.2, 0.25) is 0 Å². The summed E-state index contributed by atoms with van der Waals surface area (Å²) in [7, 11) is -0.357. The Balaban J connectivity index is 1.65. The van der Waals surface area contributed by atoms with Gasteiger partial charge in [0.1, 0.15) is 0 Å². The van der Waals surface area contributed by atoms with E-state index >= 15 is 0 Å². The fourth-order valence-corrected chi connectivity index (χ4v) is 3.98. The summed E-state index contributed by atoms with van der Waals surface area (Å²) in [5.74, 6) is 1.28. The lowest BCUT2D eigenvalue weighted by molar-refractivity contribution is 0.354. The van der Waals surface area contributed by atoms with Crippen LogP contribution in [0.3, 0.4) is 0 Å². The van der Waals surface area contributed by atoms with Crippen LogP contribution in [0, 0.1) is 0 Å². The number of hydrogen-bond acceptors (Lipinski definition) is 5. The summed E-state index contributed by atoms with van der Waals surface area (Å²) in [4.78, 5) is 0.308. The summed E-state index contributed by atoms with van der Waals surface area (Å²) in [5, 5.41) is 3.23. The van der Waals surface area contributed by atoms with Crippen LogP contribution in [-0.4, -0.2) is 35.7 Å². The molecule has 0 spiro atoms. The van der Waals surface area contributed by atoms with Crippen LogP contribution in [0.4, 0.5) is 5.69 Å². The molecule has 0 amide bonds. The Morgan fingerprint density at radius 2 is 1.88 bits per heavy atom. The van der Waals surface area contributed by atoms with E-state index < -0.39 is 10.0 Å². The molecule has 25 heavy (non-hydrogen) atoms. The zero-order valence-electron chi connectivity index (χ0n) is 14.3. The molecule has 1 aliphatic heterocycles. The van der Waals surface area contributed by atoms with Crippen molar-refractivity contribution in [1.82, 2.24) is 4.72 Å². The van der Waals surface area contributed by atoms with E-state index in [1.807, 2.05) is 24.3 Å². The summed E-state index contributed by atoms with van der Waals surface area (Å²) in [6.07, 6.45) is 1.41. The topological polar surface area (TPSA) is 76.7 Å². The lowest BCUT2D eigenvalue weighted by Gasteiger charge is -2.11. The molecule has 0 bridgehead atoms. The van der Waals surface area contributed by atoms with Gasteiger partial charge < -0.3 is 14.8 Å². The van der Waals surface area contributed by atoms with E-state index in [2.05, 4.69) is 10.0 Å². The lowest BCUT2D eigenvalue weighted by Crippen LogP contribution is -2.26. The fraction of sp³-hybridized carbons (Fsp3) is 0.333. The van der Waals surface area contributed by atoms with Crippen molar-refractivity contribution in [2.75, 3.05) is 32.6 Å². The van der Waals surface area contributed by atoms with Crippen LogP contribution < -0.4 is 19.5 Å². The average Bonchev–Trinajstić information content (AvgIpc) is 3.09. The molecule has 1 aliphatic rings. The summed E-state index contributed by atoms with van der Waals surface area (Å²) < 4.78 is 38.1. The smallest absolute Gasteiger partial charge is 0.240 e. The first-order chi connectivity index (χ1) is 12.0. The molecule has 7 heteroatoms. The maximum absolute atomic E-state index is 12.5.